The van der Waals surface area contributed by atoms with E-state index in [1.807, 2.05) is 0 Å². The third-order valence-corrected chi connectivity index (χ3v) is 1.05. The standard InChI is InChI=1S/C4H8N3O/c5-4(8)7-3-1-2-6-7/h1-3H2,(H2,5,8). The summed E-state index contributed by atoms with van der Waals surface area (Å²) < 4.78 is 0. The van der Waals surface area contributed by atoms with Crippen LogP contribution in [0.15, 0.2) is 0 Å². The van der Waals surface area contributed by atoms with Crippen molar-refractivity contribution in [1.29, 1.82) is 0 Å². The van der Waals surface area contributed by atoms with E-state index in [9.17, 15) is 4.79 Å². The van der Waals surface area contributed by atoms with E-state index in [-0.39, 0.29) is 0 Å². The second-order valence-corrected chi connectivity index (χ2v) is 1.68. The van der Waals surface area contributed by atoms with E-state index in [2.05, 4.69) is 5.43 Å². The van der Waals surface area contributed by atoms with Crippen LogP contribution in [0.3, 0.4) is 0 Å². The first-order valence-electron chi connectivity index (χ1n) is 2.55. The van der Waals surface area contributed by atoms with Gasteiger partial charge in [-0.05, 0) is 6.42 Å². The number of carbonyl (C=O) groups is 1. The van der Waals surface area contributed by atoms with Crippen LogP contribution in [0.1, 0.15) is 6.42 Å². The largest absolute Gasteiger partial charge is 0.350 e. The van der Waals surface area contributed by atoms with Crippen LogP contribution in [0, 0.1) is 0 Å². The van der Waals surface area contributed by atoms with Crippen molar-refractivity contribution in [2.75, 3.05) is 13.1 Å². The van der Waals surface area contributed by atoms with Gasteiger partial charge in [-0.15, -0.1) is 5.43 Å². The molecule has 2 N–H and O–H groups in total. The number of hydrogen-bond donors (Lipinski definition) is 1. The SMILES string of the molecule is NC(=O)N1CCC[N]1. The molecule has 0 bridgehead atoms. The molecule has 0 aliphatic carbocycles. The first kappa shape index (κ1) is 5.37. The predicted molar refractivity (Wildman–Crippen MR) is 27.9 cm³/mol. The Morgan fingerprint density at radius 3 is 2.75 bits per heavy atom. The van der Waals surface area contributed by atoms with Gasteiger partial charge >= 0.3 is 6.03 Å². The molecule has 0 aromatic rings. The molecule has 0 aromatic carbocycles. The highest BCUT2D eigenvalue weighted by Gasteiger charge is 2.14. The van der Waals surface area contributed by atoms with Gasteiger partial charge in [-0.25, -0.2) is 9.80 Å². The summed E-state index contributed by atoms with van der Waals surface area (Å²) in [6.07, 6.45) is 0.947. The first-order valence-corrected chi connectivity index (χ1v) is 2.55. The average molecular weight is 114 g/mol. The molecule has 2 amide bonds. The molecule has 1 saturated heterocycles. The summed E-state index contributed by atoms with van der Waals surface area (Å²) >= 11 is 0. The predicted octanol–water partition coefficient (Wildman–Crippen LogP) is -0.710. The minimum atomic E-state index is -0.442. The topological polar surface area (TPSA) is 60.4 Å². The molecule has 1 aliphatic heterocycles. The first-order chi connectivity index (χ1) is 3.80. The number of rotatable bonds is 0. The van der Waals surface area contributed by atoms with E-state index in [4.69, 9.17) is 5.73 Å². The molecule has 4 nitrogen and oxygen atoms in total. The fourth-order valence-electron chi connectivity index (χ4n) is 0.662. The second-order valence-electron chi connectivity index (χ2n) is 1.68. The molecule has 8 heavy (non-hydrogen) atoms. The van der Waals surface area contributed by atoms with Crippen LogP contribution in [-0.2, 0) is 0 Å². The number of primary amides is 1. The molecule has 0 unspecified atom stereocenters. The van der Waals surface area contributed by atoms with Crippen molar-refractivity contribution in [3.05, 3.63) is 0 Å². The lowest BCUT2D eigenvalue weighted by molar-refractivity contribution is 0.199. The molecule has 0 atom stereocenters. The van der Waals surface area contributed by atoms with E-state index < -0.39 is 6.03 Å². The highest BCUT2D eigenvalue weighted by molar-refractivity contribution is 5.71. The minimum Gasteiger partial charge on any atom is -0.350 e. The van der Waals surface area contributed by atoms with E-state index in [0.717, 1.165) is 13.0 Å². The molecule has 1 aliphatic rings. The van der Waals surface area contributed by atoms with Gasteiger partial charge in [0.15, 0.2) is 0 Å². The lowest BCUT2D eigenvalue weighted by Gasteiger charge is -2.07. The zero-order valence-electron chi connectivity index (χ0n) is 4.50. The summed E-state index contributed by atoms with van der Waals surface area (Å²) in [4.78, 5) is 10.3. The highest BCUT2D eigenvalue weighted by Crippen LogP contribution is 1.95. The lowest BCUT2D eigenvalue weighted by atomic mass is 10.5. The number of urea groups is 1. The lowest BCUT2D eigenvalue weighted by Crippen LogP contribution is -2.36. The molecular weight excluding hydrogens is 106 g/mol. The van der Waals surface area contributed by atoms with Gasteiger partial charge in [-0.2, -0.15) is 0 Å². The summed E-state index contributed by atoms with van der Waals surface area (Å²) in [6.45, 7) is 1.43. The average Bonchev–Trinajstić information content (AvgIpc) is 2.12. The number of amides is 2. The van der Waals surface area contributed by atoms with Gasteiger partial charge in [-0.3, -0.25) is 0 Å². The van der Waals surface area contributed by atoms with Crippen LogP contribution in [0.25, 0.3) is 0 Å². The maximum absolute atomic E-state index is 10.3. The Morgan fingerprint density at radius 1 is 1.75 bits per heavy atom. The van der Waals surface area contributed by atoms with Crippen LogP contribution >= 0.6 is 0 Å². The molecule has 1 radical (unpaired) electrons. The Bertz CT molecular complexity index is 97.5. The molecule has 1 heterocycles. The van der Waals surface area contributed by atoms with E-state index in [1.165, 1.54) is 5.01 Å². The van der Waals surface area contributed by atoms with Crippen molar-refractivity contribution in [2.45, 2.75) is 6.42 Å². The van der Waals surface area contributed by atoms with Crippen molar-refractivity contribution in [1.82, 2.24) is 10.4 Å². The van der Waals surface area contributed by atoms with Gasteiger partial charge in [0, 0.05) is 13.1 Å². The summed E-state index contributed by atoms with van der Waals surface area (Å²) in [5.41, 5.74) is 8.68. The van der Waals surface area contributed by atoms with Crippen LogP contribution in [0.4, 0.5) is 4.79 Å². The van der Waals surface area contributed by atoms with Crippen LogP contribution < -0.4 is 11.2 Å². The molecule has 1 rings (SSSR count). The Balaban J connectivity index is 2.35. The summed E-state index contributed by atoms with van der Waals surface area (Å²) in [6, 6.07) is -0.442. The Hall–Kier alpha value is -0.770. The van der Waals surface area contributed by atoms with Crippen molar-refractivity contribution in [3.8, 4) is 0 Å². The molecule has 0 saturated carbocycles. The van der Waals surface area contributed by atoms with Crippen LogP contribution in [0.2, 0.25) is 0 Å². The van der Waals surface area contributed by atoms with Gasteiger partial charge in [0.25, 0.3) is 0 Å². The van der Waals surface area contributed by atoms with Gasteiger partial charge in [-0.1, -0.05) is 0 Å². The summed E-state index contributed by atoms with van der Waals surface area (Å²) in [5.74, 6) is 0. The Kier molecular flexibility index (Phi) is 1.34. The summed E-state index contributed by atoms with van der Waals surface area (Å²) in [7, 11) is 0. The van der Waals surface area contributed by atoms with Crippen molar-refractivity contribution >= 4 is 6.03 Å². The highest BCUT2D eigenvalue weighted by atomic mass is 16.2. The maximum atomic E-state index is 10.3. The third-order valence-electron chi connectivity index (χ3n) is 1.05. The van der Waals surface area contributed by atoms with Crippen molar-refractivity contribution < 1.29 is 4.79 Å². The number of nitrogens with zero attached hydrogens (tertiary/aromatic N) is 2. The van der Waals surface area contributed by atoms with Gasteiger partial charge in [0.05, 0.1) is 0 Å². The normalized spacial score (nSPS) is 19.2. The smallest absolute Gasteiger partial charge is 0.330 e. The third kappa shape index (κ3) is 0.894. The molecule has 45 valence electrons. The zero-order chi connectivity index (χ0) is 5.98. The Labute approximate surface area is 47.6 Å². The van der Waals surface area contributed by atoms with Crippen molar-refractivity contribution in [3.63, 3.8) is 0 Å². The monoisotopic (exact) mass is 114 g/mol. The molecule has 0 spiro atoms. The molecule has 1 fully saturated rings. The van der Waals surface area contributed by atoms with Crippen LogP contribution in [0.5, 0.6) is 0 Å². The molecule has 0 aromatic heterocycles. The van der Waals surface area contributed by atoms with Gasteiger partial charge in [0.1, 0.15) is 0 Å². The zero-order valence-corrected chi connectivity index (χ0v) is 4.50. The van der Waals surface area contributed by atoms with Crippen LogP contribution in [-0.4, -0.2) is 24.1 Å². The number of nitrogens with two attached hydrogens (primary N) is 1. The molecule has 4 heteroatoms. The van der Waals surface area contributed by atoms with Gasteiger partial charge in [0.2, 0.25) is 0 Å². The van der Waals surface area contributed by atoms with E-state index in [1.54, 1.807) is 0 Å². The quantitative estimate of drug-likeness (QED) is 0.444. The summed E-state index contributed by atoms with van der Waals surface area (Å²) in [5, 5.41) is 1.29. The Morgan fingerprint density at radius 2 is 2.50 bits per heavy atom. The van der Waals surface area contributed by atoms with Gasteiger partial charge < -0.3 is 5.73 Å². The number of carbonyl (C=O) groups excluding carboxylic acids is 1. The fourth-order valence-corrected chi connectivity index (χ4v) is 0.662. The molecular formula is C4H8N3O. The van der Waals surface area contributed by atoms with E-state index in [0.29, 0.717) is 6.54 Å². The maximum Gasteiger partial charge on any atom is 0.330 e. The second kappa shape index (κ2) is 2.00. The van der Waals surface area contributed by atoms with Crippen molar-refractivity contribution in [2.24, 2.45) is 5.73 Å². The minimum absolute atomic E-state index is 0.442. The van der Waals surface area contributed by atoms with E-state index >= 15 is 0 Å². The fraction of sp³-hybridized carbons (Fsp3) is 0.750. The number of hydrogen-bond acceptors (Lipinski definition) is 1.